The predicted octanol–water partition coefficient (Wildman–Crippen LogP) is 3.37. The molecule has 2 N–H and O–H groups in total. The quantitative estimate of drug-likeness (QED) is 0.689. The van der Waals surface area contributed by atoms with Crippen LogP contribution in [0.2, 0.25) is 0 Å². The number of carbonyl (C=O) groups excluding carboxylic acids is 1. The molecule has 3 rings (SSSR count). The molecule has 25 heavy (non-hydrogen) atoms. The monoisotopic (exact) mass is 356 g/mol. The summed E-state index contributed by atoms with van der Waals surface area (Å²) in [6.07, 6.45) is 0. The Bertz CT molecular complexity index is 929. The second-order valence-corrected chi connectivity index (χ2v) is 6.09. The van der Waals surface area contributed by atoms with Crippen molar-refractivity contribution in [3.63, 3.8) is 0 Å². The van der Waals surface area contributed by atoms with Crippen molar-refractivity contribution in [2.45, 2.75) is 20.0 Å². The van der Waals surface area contributed by atoms with Crippen molar-refractivity contribution < 1.29 is 9.18 Å². The van der Waals surface area contributed by atoms with Crippen LogP contribution in [-0.2, 0) is 17.9 Å². The maximum absolute atomic E-state index is 12.9. The van der Waals surface area contributed by atoms with Gasteiger partial charge in [0, 0.05) is 12.1 Å². The zero-order valence-corrected chi connectivity index (χ0v) is 14.4. The fourth-order valence-corrected chi connectivity index (χ4v) is 2.59. The fourth-order valence-electron chi connectivity index (χ4n) is 2.39. The van der Waals surface area contributed by atoms with Crippen molar-refractivity contribution in [1.82, 2.24) is 20.1 Å². The van der Waals surface area contributed by atoms with Gasteiger partial charge in [-0.2, -0.15) is 5.10 Å². The zero-order chi connectivity index (χ0) is 17.8. The number of halogens is 1. The number of aryl methyl sites for hydroxylation is 1. The van der Waals surface area contributed by atoms with E-state index in [-0.39, 0.29) is 18.3 Å². The Hall–Kier alpha value is -2.80. The maximum atomic E-state index is 12.9. The Morgan fingerprint density at radius 3 is 2.56 bits per heavy atom. The minimum atomic E-state index is -0.303. The topological polar surface area (TPSA) is 62.7 Å². The van der Waals surface area contributed by atoms with Crippen LogP contribution in [0.3, 0.4) is 0 Å². The van der Waals surface area contributed by atoms with E-state index in [9.17, 15) is 9.18 Å². The van der Waals surface area contributed by atoms with Crippen LogP contribution in [0, 0.1) is 17.5 Å². The van der Waals surface area contributed by atoms with Crippen LogP contribution in [0.1, 0.15) is 11.1 Å². The summed E-state index contributed by atoms with van der Waals surface area (Å²) in [6.45, 7) is 2.38. The molecule has 0 saturated carbocycles. The van der Waals surface area contributed by atoms with Crippen molar-refractivity contribution in [3.8, 4) is 11.4 Å². The Morgan fingerprint density at radius 2 is 1.88 bits per heavy atom. The molecule has 0 bridgehead atoms. The number of benzene rings is 2. The van der Waals surface area contributed by atoms with Crippen molar-refractivity contribution in [1.29, 1.82) is 0 Å². The van der Waals surface area contributed by atoms with Gasteiger partial charge in [-0.25, -0.2) is 4.39 Å². The van der Waals surface area contributed by atoms with E-state index in [0.29, 0.717) is 17.1 Å². The minimum absolute atomic E-state index is 0.0553. The van der Waals surface area contributed by atoms with E-state index in [1.54, 1.807) is 16.7 Å². The van der Waals surface area contributed by atoms with E-state index in [0.717, 1.165) is 16.7 Å². The highest BCUT2D eigenvalue weighted by Gasteiger charge is 2.12. The van der Waals surface area contributed by atoms with Gasteiger partial charge in [-0.05, 0) is 36.8 Å². The summed E-state index contributed by atoms with van der Waals surface area (Å²) >= 11 is 5.23. The molecule has 1 heterocycles. The van der Waals surface area contributed by atoms with Crippen LogP contribution in [0.25, 0.3) is 11.4 Å². The number of rotatable bonds is 5. The van der Waals surface area contributed by atoms with Crippen LogP contribution in [0.5, 0.6) is 0 Å². The first-order chi connectivity index (χ1) is 12.0. The van der Waals surface area contributed by atoms with Gasteiger partial charge in [0.2, 0.25) is 5.91 Å². The molecule has 3 aromatic rings. The molecule has 0 fully saturated rings. The molecule has 7 heteroatoms. The van der Waals surface area contributed by atoms with Crippen molar-refractivity contribution in [2.75, 3.05) is 0 Å². The smallest absolute Gasteiger partial charge is 0.240 e. The van der Waals surface area contributed by atoms with E-state index in [4.69, 9.17) is 12.2 Å². The van der Waals surface area contributed by atoms with Gasteiger partial charge in [-0.1, -0.05) is 42.0 Å². The highest BCUT2D eigenvalue weighted by molar-refractivity contribution is 7.71. The highest BCUT2D eigenvalue weighted by Crippen LogP contribution is 2.17. The molecule has 0 aliphatic heterocycles. The summed E-state index contributed by atoms with van der Waals surface area (Å²) in [5, 5.41) is 9.75. The molecule has 128 valence electrons. The second-order valence-electron chi connectivity index (χ2n) is 5.71. The molecule has 0 unspecified atom stereocenters. The van der Waals surface area contributed by atoms with Gasteiger partial charge in [-0.3, -0.25) is 14.5 Å². The van der Waals surface area contributed by atoms with Gasteiger partial charge in [0.1, 0.15) is 12.4 Å². The Balaban J connectivity index is 1.71. The molecule has 1 amide bonds. The number of nitrogens with zero attached hydrogens (tertiary/aromatic N) is 2. The summed E-state index contributed by atoms with van der Waals surface area (Å²) in [6, 6.07) is 13.8. The van der Waals surface area contributed by atoms with Gasteiger partial charge < -0.3 is 5.32 Å². The molecule has 0 atom stereocenters. The van der Waals surface area contributed by atoms with E-state index in [2.05, 4.69) is 15.5 Å². The number of nitrogens with one attached hydrogen (secondary N) is 2. The lowest BCUT2D eigenvalue weighted by molar-refractivity contribution is -0.121. The predicted molar refractivity (Wildman–Crippen MR) is 95.8 cm³/mol. The Morgan fingerprint density at radius 1 is 1.20 bits per heavy atom. The van der Waals surface area contributed by atoms with Crippen LogP contribution in [0.4, 0.5) is 4.39 Å². The largest absolute Gasteiger partial charge is 0.350 e. The summed E-state index contributed by atoms with van der Waals surface area (Å²) < 4.78 is 14.9. The molecule has 1 aromatic heterocycles. The lowest BCUT2D eigenvalue weighted by Gasteiger charge is -2.08. The summed E-state index contributed by atoms with van der Waals surface area (Å²) in [5.41, 5.74) is 2.84. The summed E-state index contributed by atoms with van der Waals surface area (Å²) in [4.78, 5) is 12.2. The van der Waals surface area contributed by atoms with Crippen LogP contribution in [0.15, 0.2) is 48.5 Å². The Kier molecular flexibility index (Phi) is 5.04. The standard InChI is InChI=1S/C18H17FN4OS/c1-12-2-6-14(7-3-12)17-21-22-18(25)23(17)11-16(24)20-10-13-4-8-15(19)9-5-13/h2-9H,10-11H2,1H3,(H,20,24)(H,22,25). The zero-order valence-electron chi connectivity index (χ0n) is 13.6. The van der Waals surface area contributed by atoms with Gasteiger partial charge in [-0.15, -0.1) is 0 Å². The average Bonchev–Trinajstić information content (AvgIpc) is 2.96. The lowest BCUT2D eigenvalue weighted by Crippen LogP contribution is -2.27. The first kappa shape index (κ1) is 17.0. The van der Waals surface area contributed by atoms with Crippen molar-refractivity contribution >= 4 is 18.1 Å². The van der Waals surface area contributed by atoms with Gasteiger partial charge >= 0.3 is 0 Å². The van der Waals surface area contributed by atoms with E-state index in [1.807, 2.05) is 31.2 Å². The number of hydrogen-bond acceptors (Lipinski definition) is 3. The SMILES string of the molecule is Cc1ccc(-c2n[nH]c(=S)n2CC(=O)NCc2ccc(F)cc2)cc1. The van der Waals surface area contributed by atoms with E-state index < -0.39 is 0 Å². The number of amides is 1. The third kappa shape index (κ3) is 4.19. The summed E-state index contributed by atoms with van der Waals surface area (Å²) in [7, 11) is 0. The fraction of sp³-hybridized carbons (Fsp3) is 0.167. The molecule has 2 aromatic carbocycles. The first-order valence-corrected chi connectivity index (χ1v) is 8.17. The molecule has 0 aliphatic carbocycles. The van der Waals surface area contributed by atoms with E-state index in [1.165, 1.54) is 12.1 Å². The van der Waals surface area contributed by atoms with Crippen molar-refractivity contribution in [3.05, 3.63) is 70.2 Å². The van der Waals surface area contributed by atoms with E-state index >= 15 is 0 Å². The third-order valence-corrected chi connectivity index (χ3v) is 4.08. The summed E-state index contributed by atoms with van der Waals surface area (Å²) in [5.74, 6) is 0.111. The molecule has 0 radical (unpaired) electrons. The minimum Gasteiger partial charge on any atom is -0.350 e. The molecule has 0 saturated heterocycles. The van der Waals surface area contributed by atoms with Gasteiger partial charge in [0.25, 0.3) is 0 Å². The maximum Gasteiger partial charge on any atom is 0.240 e. The molecular formula is C18H17FN4OS. The van der Waals surface area contributed by atoms with Crippen LogP contribution in [-0.4, -0.2) is 20.7 Å². The number of aromatic amines is 1. The first-order valence-electron chi connectivity index (χ1n) is 7.76. The Labute approximate surface area is 149 Å². The van der Waals surface area contributed by atoms with Crippen molar-refractivity contribution in [2.24, 2.45) is 0 Å². The molecule has 0 aliphatic rings. The molecular weight excluding hydrogens is 339 g/mol. The number of aromatic nitrogens is 3. The van der Waals surface area contributed by atoms with Crippen LogP contribution >= 0.6 is 12.2 Å². The third-order valence-electron chi connectivity index (χ3n) is 3.77. The van der Waals surface area contributed by atoms with Gasteiger partial charge in [0.15, 0.2) is 10.6 Å². The molecule has 5 nitrogen and oxygen atoms in total. The highest BCUT2D eigenvalue weighted by atomic mass is 32.1. The average molecular weight is 356 g/mol. The normalized spacial score (nSPS) is 10.6. The van der Waals surface area contributed by atoms with Gasteiger partial charge in [0.05, 0.1) is 0 Å². The number of carbonyl (C=O) groups is 1. The number of H-pyrrole nitrogens is 1. The van der Waals surface area contributed by atoms with Crippen LogP contribution < -0.4 is 5.32 Å². The molecule has 0 spiro atoms. The number of hydrogen-bond donors (Lipinski definition) is 2. The lowest BCUT2D eigenvalue weighted by atomic mass is 10.1. The second kappa shape index (κ2) is 7.40.